The summed E-state index contributed by atoms with van der Waals surface area (Å²) in [5, 5.41) is 3.01. The number of benzene rings is 2. The number of nitrogens with one attached hydrogen (secondary N) is 2. The van der Waals surface area contributed by atoms with Crippen LogP contribution < -0.4 is 15.0 Å². The van der Waals surface area contributed by atoms with Gasteiger partial charge in [0.05, 0.1) is 14.2 Å². The maximum absolute atomic E-state index is 12.1. The maximum Gasteiger partial charge on any atom is 0.275 e. The van der Waals surface area contributed by atoms with Crippen LogP contribution in [0.4, 0.5) is 0 Å². The Morgan fingerprint density at radius 3 is 2.71 bits per heavy atom. The van der Waals surface area contributed by atoms with Crippen molar-refractivity contribution in [1.82, 2.24) is 5.32 Å². The zero-order valence-corrected chi connectivity index (χ0v) is 14.8. The SMILES string of the molecule is COc1cccc(C[NH+](C)CC(=O)NCCc2ccccc2C)c1. The molecule has 0 aliphatic carbocycles. The molecule has 0 fully saturated rings. The lowest BCUT2D eigenvalue weighted by Gasteiger charge is -2.14. The molecular weight excluding hydrogens is 300 g/mol. The molecule has 1 unspecified atom stereocenters. The lowest BCUT2D eigenvalue weighted by Crippen LogP contribution is -3.08. The molecule has 0 aliphatic rings. The van der Waals surface area contributed by atoms with E-state index in [2.05, 4.69) is 30.4 Å². The predicted molar refractivity (Wildman–Crippen MR) is 96.3 cm³/mol. The summed E-state index contributed by atoms with van der Waals surface area (Å²) in [5.74, 6) is 0.937. The van der Waals surface area contributed by atoms with E-state index in [4.69, 9.17) is 4.74 Å². The second-order valence-electron chi connectivity index (χ2n) is 6.19. The summed E-state index contributed by atoms with van der Waals surface area (Å²) in [4.78, 5) is 13.2. The van der Waals surface area contributed by atoms with E-state index in [-0.39, 0.29) is 5.91 Å². The first kappa shape index (κ1) is 18.0. The Hall–Kier alpha value is -2.33. The smallest absolute Gasteiger partial charge is 0.275 e. The van der Waals surface area contributed by atoms with Gasteiger partial charge in [-0.2, -0.15) is 0 Å². The molecule has 0 saturated carbocycles. The highest BCUT2D eigenvalue weighted by atomic mass is 16.5. The molecular formula is C20H27N2O2+. The molecule has 0 spiro atoms. The number of ether oxygens (including phenoxy) is 1. The number of quaternary nitrogens is 1. The predicted octanol–water partition coefficient (Wildman–Crippen LogP) is 1.38. The molecule has 4 heteroatoms. The van der Waals surface area contributed by atoms with E-state index in [1.165, 1.54) is 16.7 Å². The van der Waals surface area contributed by atoms with Crippen LogP contribution in [0.5, 0.6) is 5.75 Å². The molecule has 0 aliphatic heterocycles. The third-order valence-corrected chi connectivity index (χ3v) is 4.08. The lowest BCUT2D eigenvalue weighted by atomic mass is 10.1. The van der Waals surface area contributed by atoms with Gasteiger partial charge >= 0.3 is 0 Å². The van der Waals surface area contributed by atoms with E-state index in [1.54, 1.807) is 7.11 Å². The highest BCUT2D eigenvalue weighted by Gasteiger charge is 2.10. The van der Waals surface area contributed by atoms with Crippen LogP contribution in [0, 0.1) is 6.92 Å². The van der Waals surface area contributed by atoms with E-state index in [9.17, 15) is 4.79 Å². The molecule has 2 rings (SSSR count). The summed E-state index contributed by atoms with van der Waals surface area (Å²) < 4.78 is 5.23. The van der Waals surface area contributed by atoms with E-state index in [0.29, 0.717) is 13.1 Å². The normalized spacial score (nSPS) is 11.8. The Bertz CT molecular complexity index is 670. The number of hydrogen-bond acceptors (Lipinski definition) is 2. The fraction of sp³-hybridized carbons (Fsp3) is 0.350. The number of rotatable bonds is 8. The Labute approximate surface area is 144 Å². The van der Waals surface area contributed by atoms with Crippen molar-refractivity contribution in [3.05, 3.63) is 65.2 Å². The van der Waals surface area contributed by atoms with Crippen LogP contribution in [0.15, 0.2) is 48.5 Å². The van der Waals surface area contributed by atoms with Gasteiger partial charge in [0.1, 0.15) is 12.3 Å². The first-order valence-corrected chi connectivity index (χ1v) is 8.34. The maximum atomic E-state index is 12.1. The minimum absolute atomic E-state index is 0.0870. The van der Waals surface area contributed by atoms with Crippen molar-refractivity contribution < 1.29 is 14.4 Å². The number of aryl methyl sites for hydroxylation is 1. The van der Waals surface area contributed by atoms with Crippen LogP contribution in [0.2, 0.25) is 0 Å². The highest BCUT2D eigenvalue weighted by Crippen LogP contribution is 2.11. The van der Waals surface area contributed by atoms with Gasteiger partial charge in [-0.15, -0.1) is 0 Å². The van der Waals surface area contributed by atoms with Crippen molar-refractivity contribution in [3.63, 3.8) is 0 Å². The quantitative estimate of drug-likeness (QED) is 0.769. The standard InChI is InChI=1S/C20H26N2O2/c1-16-7-4-5-9-18(16)11-12-21-20(23)15-22(2)14-17-8-6-10-19(13-17)24-3/h4-10,13H,11-12,14-15H2,1-3H3,(H,21,23)/p+1. The molecule has 128 valence electrons. The second kappa shape index (κ2) is 9.08. The van der Waals surface area contributed by atoms with Crippen LogP contribution in [-0.2, 0) is 17.8 Å². The molecule has 0 bridgehead atoms. The van der Waals surface area contributed by atoms with E-state index >= 15 is 0 Å². The summed E-state index contributed by atoms with van der Waals surface area (Å²) in [5.41, 5.74) is 3.72. The summed E-state index contributed by atoms with van der Waals surface area (Å²) in [6, 6.07) is 16.3. The van der Waals surface area contributed by atoms with Crippen molar-refractivity contribution in [1.29, 1.82) is 0 Å². The number of carbonyl (C=O) groups excluding carboxylic acids is 1. The van der Waals surface area contributed by atoms with Gasteiger partial charge in [-0.3, -0.25) is 4.79 Å². The third kappa shape index (κ3) is 5.70. The van der Waals surface area contributed by atoms with Crippen molar-refractivity contribution >= 4 is 5.91 Å². The number of hydrogen-bond donors (Lipinski definition) is 2. The van der Waals surface area contributed by atoms with Gasteiger partial charge in [0.25, 0.3) is 5.91 Å². The minimum atomic E-state index is 0.0870. The first-order valence-electron chi connectivity index (χ1n) is 8.34. The van der Waals surface area contributed by atoms with Gasteiger partial charge in [0.2, 0.25) is 0 Å². The molecule has 2 aromatic rings. The third-order valence-electron chi connectivity index (χ3n) is 4.08. The Kier molecular flexibility index (Phi) is 6.82. The van der Waals surface area contributed by atoms with Crippen LogP contribution in [0.3, 0.4) is 0 Å². The molecule has 4 nitrogen and oxygen atoms in total. The zero-order valence-electron chi connectivity index (χ0n) is 14.8. The minimum Gasteiger partial charge on any atom is -0.497 e. The Morgan fingerprint density at radius 2 is 1.96 bits per heavy atom. The zero-order chi connectivity index (χ0) is 17.4. The van der Waals surface area contributed by atoms with Gasteiger partial charge in [-0.1, -0.05) is 36.4 Å². The molecule has 2 N–H and O–H groups in total. The van der Waals surface area contributed by atoms with Crippen molar-refractivity contribution in [2.45, 2.75) is 19.9 Å². The van der Waals surface area contributed by atoms with Crippen LogP contribution in [0.25, 0.3) is 0 Å². The summed E-state index contributed by atoms with van der Waals surface area (Å²) in [7, 11) is 3.69. The van der Waals surface area contributed by atoms with Crippen molar-refractivity contribution in [2.24, 2.45) is 0 Å². The van der Waals surface area contributed by atoms with Crippen molar-refractivity contribution in [3.8, 4) is 5.75 Å². The van der Waals surface area contributed by atoms with Crippen LogP contribution in [-0.4, -0.2) is 33.2 Å². The molecule has 1 atom stereocenters. The second-order valence-corrected chi connectivity index (χ2v) is 6.19. The number of methoxy groups -OCH3 is 1. The van der Waals surface area contributed by atoms with Crippen LogP contribution >= 0.6 is 0 Å². The molecule has 1 amide bonds. The molecule has 2 aromatic carbocycles. The largest absolute Gasteiger partial charge is 0.497 e. The molecule has 0 aromatic heterocycles. The van der Waals surface area contributed by atoms with Gasteiger partial charge in [-0.05, 0) is 36.6 Å². The summed E-state index contributed by atoms with van der Waals surface area (Å²) >= 11 is 0. The molecule has 0 radical (unpaired) electrons. The fourth-order valence-electron chi connectivity index (χ4n) is 2.76. The van der Waals surface area contributed by atoms with Gasteiger partial charge < -0.3 is 15.0 Å². The Balaban J connectivity index is 1.74. The highest BCUT2D eigenvalue weighted by molar-refractivity contribution is 5.76. The first-order chi connectivity index (χ1) is 11.6. The topological polar surface area (TPSA) is 42.8 Å². The van der Waals surface area contributed by atoms with E-state index < -0.39 is 0 Å². The number of amides is 1. The summed E-state index contributed by atoms with van der Waals surface area (Å²) in [6.07, 6.45) is 0.868. The van der Waals surface area contributed by atoms with Gasteiger partial charge in [0.15, 0.2) is 6.54 Å². The van der Waals surface area contributed by atoms with E-state index in [0.717, 1.165) is 23.6 Å². The lowest BCUT2D eigenvalue weighted by molar-refractivity contribution is -0.885. The van der Waals surface area contributed by atoms with Gasteiger partial charge in [-0.25, -0.2) is 0 Å². The van der Waals surface area contributed by atoms with Crippen molar-refractivity contribution in [2.75, 3.05) is 27.2 Å². The molecule has 0 heterocycles. The Morgan fingerprint density at radius 1 is 1.17 bits per heavy atom. The average molecular weight is 327 g/mol. The van der Waals surface area contributed by atoms with E-state index in [1.807, 2.05) is 37.4 Å². The molecule has 0 saturated heterocycles. The van der Waals surface area contributed by atoms with Crippen LogP contribution in [0.1, 0.15) is 16.7 Å². The number of likely N-dealkylation sites (N-methyl/N-ethyl adjacent to an activating group) is 1. The fourth-order valence-corrected chi connectivity index (χ4v) is 2.76. The van der Waals surface area contributed by atoms with Gasteiger partial charge in [0, 0.05) is 12.1 Å². The average Bonchev–Trinajstić information content (AvgIpc) is 2.56. The summed E-state index contributed by atoms with van der Waals surface area (Å²) in [6.45, 7) is 4.03. The molecule has 24 heavy (non-hydrogen) atoms. The number of carbonyl (C=O) groups is 1. The monoisotopic (exact) mass is 327 g/mol.